The van der Waals surface area contributed by atoms with Crippen LogP contribution in [0, 0.1) is 0 Å². The molecule has 10 rings (SSSR count). The van der Waals surface area contributed by atoms with E-state index in [2.05, 4.69) is 175 Å². The molecule has 10 aromatic carbocycles. The zero-order valence-corrected chi connectivity index (χ0v) is 29.7. The number of fused-ring (bicyclic) bond motifs is 8. The Morgan fingerprint density at radius 2 is 0.880 bits per heavy atom. The molecule has 0 aliphatic heterocycles. The Morgan fingerprint density at radius 3 is 1.58 bits per heavy atom. The smallest absolute Gasteiger partial charge is 0.000686 e. The Bertz CT molecular complexity index is 2960. The molecule has 0 heteroatoms. The maximum atomic E-state index is 2.52. The third-order valence-electron chi connectivity index (χ3n) is 11.4. The number of benzene rings is 8. The molecule has 0 atom stereocenters. The zero-order valence-electron chi connectivity index (χ0n) is 29.7. The van der Waals surface area contributed by atoms with Crippen LogP contribution in [0.3, 0.4) is 0 Å². The summed E-state index contributed by atoms with van der Waals surface area (Å²) in [6.45, 7) is 14.1. The second kappa shape index (κ2) is 10.1. The maximum absolute atomic E-state index is 2.52. The predicted molar refractivity (Wildman–Crippen MR) is 220 cm³/mol. The lowest BCUT2D eigenvalue weighted by atomic mass is 9.82. The molecule has 0 N–H and O–H groups in total. The minimum absolute atomic E-state index is 0.00884. The zero-order chi connectivity index (χ0) is 34.1. The molecule has 0 aromatic heterocycles. The fourth-order valence-electron chi connectivity index (χ4n) is 8.79. The normalized spacial score (nSPS) is 13.0. The van der Waals surface area contributed by atoms with Crippen molar-refractivity contribution in [3.05, 3.63) is 145 Å². The molecule has 240 valence electrons. The lowest BCUT2D eigenvalue weighted by Crippen LogP contribution is -2.12. The summed E-state index contributed by atoms with van der Waals surface area (Å²) in [5, 5.41) is 18.9. The number of rotatable bonds is 2. The summed E-state index contributed by atoms with van der Waals surface area (Å²) in [5.74, 6) is 0. The summed E-state index contributed by atoms with van der Waals surface area (Å²) >= 11 is 0. The highest BCUT2D eigenvalue weighted by molar-refractivity contribution is 6.48. The summed E-state index contributed by atoms with van der Waals surface area (Å²) in [4.78, 5) is 0. The summed E-state index contributed by atoms with van der Waals surface area (Å²) < 4.78 is 0. The van der Waals surface area contributed by atoms with Crippen molar-refractivity contribution in [1.82, 2.24) is 0 Å². The van der Waals surface area contributed by atoms with Crippen LogP contribution in [0.25, 0.3) is 97.7 Å². The highest BCUT2D eigenvalue weighted by Gasteiger charge is 2.28. The van der Waals surface area contributed by atoms with Gasteiger partial charge in [0.2, 0.25) is 0 Å². The molecule has 0 heterocycles. The minimum Gasteiger partial charge on any atom is -0.0622 e. The Morgan fingerprint density at radius 1 is 0.300 bits per heavy atom. The van der Waals surface area contributed by atoms with Crippen LogP contribution in [0.5, 0.6) is 0 Å². The van der Waals surface area contributed by atoms with Gasteiger partial charge in [0, 0.05) is 0 Å². The molecule has 10 aromatic rings. The predicted octanol–water partition coefficient (Wildman–Crippen LogP) is 14.6. The van der Waals surface area contributed by atoms with Gasteiger partial charge < -0.3 is 0 Å². The van der Waals surface area contributed by atoms with Crippen LogP contribution in [0.4, 0.5) is 0 Å². The fraction of sp³-hybridized carbons (Fsp3) is 0.160. The molecule has 0 bridgehead atoms. The third kappa shape index (κ3) is 4.12. The molecule has 0 amide bonds. The summed E-state index contributed by atoms with van der Waals surface area (Å²) in [5.41, 5.74) is 7.92. The second-order valence-corrected chi connectivity index (χ2v) is 16.6. The lowest BCUT2D eigenvalue weighted by Gasteiger charge is -2.22. The Balaban J connectivity index is 1.50. The van der Waals surface area contributed by atoms with Crippen molar-refractivity contribution in [3.8, 4) is 22.3 Å². The summed E-state index contributed by atoms with van der Waals surface area (Å²) in [6, 6.07) is 50.9. The highest BCUT2D eigenvalue weighted by atomic mass is 14.3. The molecule has 0 unspecified atom stereocenters. The van der Waals surface area contributed by atoms with Gasteiger partial charge in [-0.3, -0.25) is 0 Å². The molecule has 0 saturated heterocycles. The Labute approximate surface area is 293 Å². The van der Waals surface area contributed by atoms with Crippen molar-refractivity contribution < 1.29 is 0 Å². The van der Waals surface area contributed by atoms with Gasteiger partial charge in [0.25, 0.3) is 0 Å². The van der Waals surface area contributed by atoms with E-state index in [0.29, 0.717) is 0 Å². The van der Waals surface area contributed by atoms with Crippen molar-refractivity contribution in [2.75, 3.05) is 0 Å². The third-order valence-corrected chi connectivity index (χ3v) is 11.4. The first-order valence-corrected chi connectivity index (χ1v) is 18.0. The van der Waals surface area contributed by atoms with Gasteiger partial charge >= 0.3 is 0 Å². The first-order chi connectivity index (χ1) is 24.1. The van der Waals surface area contributed by atoms with Gasteiger partial charge in [-0.25, -0.2) is 0 Å². The van der Waals surface area contributed by atoms with Gasteiger partial charge in [-0.2, -0.15) is 0 Å². The fourth-order valence-corrected chi connectivity index (χ4v) is 8.79. The standard InChI is InChI=1S/C50H40/c1-49(2,3)35-23-34-24-36(50(4,5)6)28-42-43(34)41(27-35)47-44(30-15-8-7-9-16-30)40-26-33(32-21-20-29-14-10-11-17-31(29)22-32)25-39-37-18-12-13-19-38(37)46(45(39)40)48(42)47/h7-28H,1-6H3. The van der Waals surface area contributed by atoms with Gasteiger partial charge in [0.15, 0.2) is 0 Å². The van der Waals surface area contributed by atoms with Crippen molar-refractivity contribution in [3.63, 3.8) is 0 Å². The largest absolute Gasteiger partial charge is 0.0622 e. The van der Waals surface area contributed by atoms with Gasteiger partial charge in [-0.05, 0) is 150 Å². The Hall–Kier alpha value is -5.46. The molecule has 0 aliphatic carbocycles. The monoisotopic (exact) mass is 640 g/mol. The van der Waals surface area contributed by atoms with Crippen LogP contribution in [-0.2, 0) is 10.8 Å². The van der Waals surface area contributed by atoms with Crippen LogP contribution >= 0.6 is 0 Å². The molecule has 0 radical (unpaired) electrons. The average molecular weight is 641 g/mol. The first kappa shape index (κ1) is 29.5. The first-order valence-electron chi connectivity index (χ1n) is 18.0. The molecule has 0 saturated carbocycles. The van der Waals surface area contributed by atoms with Gasteiger partial charge in [-0.1, -0.05) is 145 Å². The highest BCUT2D eigenvalue weighted by Crippen LogP contribution is 2.55. The van der Waals surface area contributed by atoms with E-state index in [9.17, 15) is 0 Å². The van der Waals surface area contributed by atoms with Crippen molar-refractivity contribution in [2.24, 2.45) is 0 Å². The van der Waals surface area contributed by atoms with E-state index in [1.54, 1.807) is 0 Å². The maximum Gasteiger partial charge on any atom is -0.000686 e. The quantitative estimate of drug-likeness (QED) is 0.176. The second-order valence-electron chi connectivity index (χ2n) is 16.6. The number of hydrogen-bond donors (Lipinski definition) is 0. The van der Waals surface area contributed by atoms with E-state index in [1.165, 1.54) is 109 Å². The molecular formula is C50H40. The van der Waals surface area contributed by atoms with E-state index in [0.717, 1.165) is 0 Å². The van der Waals surface area contributed by atoms with Crippen molar-refractivity contribution >= 4 is 75.4 Å². The SMILES string of the molecule is CC(C)(C)c1cc2cc(C(C)(C)C)cc3c2c(c1)c1c(-c2ccccc2)c2cc(-c4ccc5ccccc5c4)cc4c5ccccc5c(c24)c31. The number of hydrogen-bond acceptors (Lipinski definition) is 0. The van der Waals surface area contributed by atoms with Crippen LogP contribution in [0.2, 0.25) is 0 Å². The van der Waals surface area contributed by atoms with E-state index in [1.807, 2.05) is 0 Å². The van der Waals surface area contributed by atoms with Gasteiger partial charge in [0.1, 0.15) is 0 Å². The van der Waals surface area contributed by atoms with Crippen LogP contribution in [0.15, 0.2) is 133 Å². The molecule has 0 aliphatic rings. The topological polar surface area (TPSA) is 0 Å². The molecular weight excluding hydrogens is 601 g/mol. The van der Waals surface area contributed by atoms with Gasteiger partial charge in [-0.15, -0.1) is 0 Å². The van der Waals surface area contributed by atoms with E-state index >= 15 is 0 Å². The Kier molecular flexibility index (Phi) is 5.92. The molecule has 0 nitrogen and oxygen atoms in total. The van der Waals surface area contributed by atoms with Gasteiger partial charge in [0.05, 0.1) is 0 Å². The van der Waals surface area contributed by atoms with Crippen LogP contribution in [0.1, 0.15) is 52.7 Å². The minimum atomic E-state index is 0.00884. The average Bonchev–Trinajstić information content (AvgIpc) is 3.62. The van der Waals surface area contributed by atoms with E-state index < -0.39 is 0 Å². The molecule has 0 spiro atoms. The molecule has 50 heavy (non-hydrogen) atoms. The van der Waals surface area contributed by atoms with Crippen LogP contribution in [-0.4, -0.2) is 0 Å². The molecule has 0 fully saturated rings. The van der Waals surface area contributed by atoms with E-state index in [4.69, 9.17) is 0 Å². The summed E-state index contributed by atoms with van der Waals surface area (Å²) in [6.07, 6.45) is 0. The van der Waals surface area contributed by atoms with E-state index in [-0.39, 0.29) is 10.8 Å². The summed E-state index contributed by atoms with van der Waals surface area (Å²) in [7, 11) is 0. The van der Waals surface area contributed by atoms with Crippen molar-refractivity contribution in [2.45, 2.75) is 52.4 Å². The van der Waals surface area contributed by atoms with Crippen LogP contribution < -0.4 is 0 Å². The lowest BCUT2D eigenvalue weighted by molar-refractivity contribution is 0.590. The van der Waals surface area contributed by atoms with Crippen molar-refractivity contribution in [1.29, 1.82) is 0 Å².